The van der Waals surface area contributed by atoms with Crippen LogP contribution in [0.4, 0.5) is 4.79 Å². The summed E-state index contributed by atoms with van der Waals surface area (Å²) >= 11 is 0. The Kier molecular flexibility index (Phi) is 5.58. The lowest BCUT2D eigenvalue weighted by Gasteiger charge is -2.19. The summed E-state index contributed by atoms with van der Waals surface area (Å²) in [6, 6.07) is 12.4. The van der Waals surface area contributed by atoms with E-state index in [0.717, 1.165) is 16.9 Å². The second-order valence-corrected chi connectivity index (χ2v) is 5.79. The minimum Gasteiger partial charge on any atom is -0.486 e. The van der Waals surface area contributed by atoms with Gasteiger partial charge in [0.2, 0.25) is 0 Å². The number of hydrogen-bond acceptors (Lipinski definition) is 4. The molecule has 0 atom stereocenters. The third-order valence-electron chi connectivity index (χ3n) is 3.93. The van der Waals surface area contributed by atoms with Gasteiger partial charge in [0.25, 0.3) is 5.91 Å². The Morgan fingerprint density at radius 1 is 0.923 bits per heavy atom. The normalized spacial score (nSPS) is 12.2. The molecule has 26 heavy (non-hydrogen) atoms. The molecular weight excluding hydrogens is 334 g/mol. The summed E-state index contributed by atoms with van der Waals surface area (Å²) in [6.45, 7) is 1.78. The summed E-state index contributed by atoms with van der Waals surface area (Å²) in [5, 5.41) is 8.15. The standard InChI is InChI=1S/C19H21N3O4/c1-20-18(23)15-4-2-3-13(9-15)11-21-19(24)22-12-14-5-6-16-17(10-14)26-8-7-25-16/h2-6,9-10H,7-8,11-12H2,1H3,(H,20,23)(H2,21,22,24). The van der Waals surface area contributed by atoms with Gasteiger partial charge in [0.05, 0.1) is 0 Å². The van der Waals surface area contributed by atoms with Gasteiger partial charge in [0, 0.05) is 25.7 Å². The molecule has 3 N–H and O–H groups in total. The number of rotatable bonds is 5. The van der Waals surface area contributed by atoms with Crippen LogP contribution in [-0.4, -0.2) is 32.2 Å². The van der Waals surface area contributed by atoms with E-state index in [1.54, 1.807) is 25.2 Å². The predicted molar refractivity (Wildman–Crippen MR) is 96.3 cm³/mol. The quantitative estimate of drug-likeness (QED) is 0.763. The number of urea groups is 1. The van der Waals surface area contributed by atoms with Crippen LogP contribution in [0.15, 0.2) is 42.5 Å². The molecule has 2 aromatic carbocycles. The van der Waals surface area contributed by atoms with Gasteiger partial charge in [-0.3, -0.25) is 4.79 Å². The molecule has 0 spiro atoms. The number of hydrogen-bond donors (Lipinski definition) is 3. The van der Waals surface area contributed by atoms with E-state index in [1.165, 1.54) is 0 Å². The largest absolute Gasteiger partial charge is 0.486 e. The van der Waals surface area contributed by atoms with Gasteiger partial charge in [-0.15, -0.1) is 0 Å². The number of amides is 3. The first-order chi connectivity index (χ1) is 12.7. The van der Waals surface area contributed by atoms with Gasteiger partial charge in [0.1, 0.15) is 13.2 Å². The molecular formula is C19H21N3O4. The van der Waals surface area contributed by atoms with Gasteiger partial charge in [-0.1, -0.05) is 18.2 Å². The van der Waals surface area contributed by atoms with E-state index in [2.05, 4.69) is 16.0 Å². The maximum absolute atomic E-state index is 12.0. The van der Waals surface area contributed by atoms with Gasteiger partial charge in [-0.25, -0.2) is 4.79 Å². The number of nitrogens with one attached hydrogen (secondary N) is 3. The van der Waals surface area contributed by atoms with E-state index < -0.39 is 0 Å². The van der Waals surface area contributed by atoms with Crippen molar-refractivity contribution in [2.75, 3.05) is 20.3 Å². The van der Waals surface area contributed by atoms with Crippen LogP contribution in [0.2, 0.25) is 0 Å². The molecule has 0 radical (unpaired) electrons. The number of benzene rings is 2. The third-order valence-corrected chi connectivity index (χ3v) is 3.93. The Bertz CT molecular complexity index is 807. The molecule has 1 aliphatic heterocycles. The van der Waals surface area contributed by atoms with E-state index in [4.69, 9.17) is 9.47 Å². The first-order valence-electron chi connectivity index (χ1n) is 8.37. The number of carbonyl (C=O) groups excluding carboxylic acids is 2. The van der Waals surface area contributed by atoms with Gasteiger partial charge in [-0.2, -0.15) is 0 Å². The fraction of sp³-hybridized carbons (Fsp3) is 0.263. The molecule has 7 nitrogen and oxygen atoms in total. The molecule has 0 saturated heterocycles. The highest BCUT2D eigenvalue weighted by atomic mass is 16.6. The van der Waals surface area contributed by atoms with Crippen molar-refractivity contribution in [3.05, 3.63) is 59.2 Å². The third kappa shape index (κ3) is 4.44. The van der Waals surface area contributed by atoms with E-state index in [-0.39, 0.29) is 11.9 Å². The first kappa shape index (κ1) is 17.6. The smallest absolute Gasteiger partial charge is 0.315 e. The Balaban J connectivity index is 1.49. The molecule has 1 aliphatic rings. The minimum absolute atomic E-state index is 0.157. The molecule has 3 amide bonds. The second-order valence-electron chi connectivity index (χ2n) is 5.79. The number of ether oxygens (including phenoxy) is 2. The molecule has 3 rings (SSSR count). The summed E-state index contributed by atoms with van der Waals surface area (Å²) in [6.07, 6.45) is 0. The summed E-state index contributed by atoms with van der Waals surface area (Å²) < 4.78 is 11.0. The molecule has 0 fully saturated rings. The van der Waals surface area contributed by atoms with Gasteiger partial charge >= 0.3 is 6.03 Å². The van der Waals surface area contributed by atoms with Crippen LogP contribution in [0.3, 0.4) is 0 Å². The minimum atomic E-state index is -0.287. The van der Waals surface area contributed by atoms with Crippen molar-refractivity contribution in [2.24, 2.45) is 0 Å². The highest BCUT2D eigenvalue weighted by Crippen LogP contribution is 2.30. The fourth-order valence-corrected chi connectivity index (χ4v) is 2.59. The molecule has 2 aromatic rings. The summed E-state index contributed by atoms with van der Waals surface area (Å²) in [4.78, 5) is 23.6. The van der Waals surface area contributed by atoms with Crippen LogP contribution < -0.4 is 25.4 Å². The van der Waals surface area contributed by atoms with Crippen molar-refractivity contribution in [3.8, 4) is 11.5 Å². The van der Waals surface area contributed by atoms with Crippen molar-refractivity contribution < 1.29 is 19.1 Å². The fourth-order valence-electron chi connectivity index (χ4n) is 2.59. The lowest BCUT2D eigenvalue weighted by molar-refractivity contribution is 0.0963. The van der Waals surface area contributed by atoms with Crippen molar-refractivity contribution in [2.45, 2.75) is 13.1 Å². The van der Waals surface area contributed by atoms with Crippen LogP contribution in [0, 0.1) is 0 Å². The average Bonchev–Trinajstić information content (AvgIpc) is 2.70. The molecule has 0 saturated carbocycles. The maximum atomic E-state index is 12.0. The number of carbonyl (C=O) groups is 2. The first-order valence-corrected chi connectivity index (χ1v) is 8.37. The van der Waals surface area contributed by atoms with Gasteiger partial charge < -0.3 is 25.4 Å². The highest BCUT2D eigenvalue weighted by Gasteiger charge is 2.12. The molecule has 0 aliphatic carbocycles. The predicted octanol–water partition coefficient (Wildman–Crippen LogP) is 1.82. The Labute approximate surface area is 151 Å². The maximum Gasteiger partial charge on any atom is 0.315 e. The summed E-state index contributed by atoms with van der Waals surface area (Å²) in [5.74, 6) is 1.26. The molecule has 0 bridgehead atoms. The average molecular weight is 355 g/mol. The van der Waals surface area contributed by atoms with Crippen LogP contribution in [0.1, 0.15) is 21.5 Å². The summed E-state index contributed by atoms with van der Waals surface area (Å²) in [5.41, 5.74) is 2.33. The molecule has 1 heterocycles. The van der Waals surface area contributed by atoms with Crippen molar-refractivity contribution in [1.29, 1.82) is 0 Å². The lowest BCUT2D eigenvalue weighted by Crippen LogP contribution is -2.34. The zero-order valence-electron chi connectivity index (χ0n) is 14.5. The van der Waals surface area contributed by atoms with Gasteiger partial charge in [0.15, 0.2) is 11.5 Å². The van der Waals surface area contributed by atoms with E-state index >= 15 is 0 Å². The highest BCUT2D eigenvalue weighted by molar-refractivity contribution is 5.94. The Morgan fingerprint density at radius 3 is 2.35 bits per heavy atom. The van der Waals surface area contributed by atoms with E-state index in [1.807, 2.05) is 24.3 Å². The SMILES string of the molecule is CNC(=O)c1cccc(CNC(=O)NCc2ccc3c(c2)OCCO3)c1. The van der Waals surface area contributed by atoms with Crippen molar-refractivity contribution in [3.63, 3.8) is 0 Å². The van der Waals surface area contributed by atoms with Crippen LogP contribution in [0.25, 0.3) is 0 Å². The zero-order chi connectivity index (χ0) is 18.4. The lowest BCUT2D eigenvalue weighted by atomic mass is 10.1. The topological polar surface area (TPSA) is 88.7 Å². The molecule has 0 aromatic heterocycles. The van der Waals surface area contributed by atoms with E-state index in [9.17, 15) is 9.59 Å². The molecule has 136 valence electrons. The molecule has 0 unspecified atom stereocenters. The Hall–Kier alpha value is -3.22. The second kappa shape index (κ2) is 8.24. The Morgan fingerprint density at radius 2 is 1.62 bits per heavy atom. The molecule has 7 heteroatoms. The van der Waals surface area contributed by atoms with E-state index in [0.29, 0.717) is 37.6 Å². The van der Waals surface area contributed by atoms with Crippen molar-refractivity contribution >= 4 is 11.9 Å². The number of fused-ring (bicyclic) bond motifs is 1. The summed E-state index contributed by atoms with van der Waals surface area (Å²) in [7, 11) is 1.58. The monoisotopic (exact) mass is 355 g/mol. The zero-order valence-corrected chi connectivity index (χ0v) is 14.5. The van der Waals surface area contributed by atoms with Gasteiger partial charge in [-0.05, 0) is 35.4 Å². The van der Waals surface area contributed by atoms with Crippen LogP contribution >= 0.6 is 0 Å². The van der Waals surface area contributed by atoms with Crippen LogP contribution in [-0.2, 0) is 13.1 Å². The van der Waals surface area contributed by atoms with Crippen molar-refractivity contribution in [1.82, 2.24) is 16.0 Å². The van der Waals surface area contributed by atoms with Crippen LogP contribution in [0.5, 0.6) is 11.5 Å².